The lowest BCUT2D eigenvalue weighted by Gasteiger charge is -2.44. The molecule has 2 aliphatic rings. The molecule has 2 nitrogen and oxygen atoms in total. The summed E-state index contributed by atoms with van der Waals surface area (Å²) in [6.45, 7) is 2.08. The summed E-state index contributed by atoms with van der Waals surface area (Å²) in [4.78, 5) is 14.9. The van der Waals surface area contributed by atoms with Gasteiger partial charge in [-0.15, -0.1) is 0 Å². The van der Waals surface area contributed by atoms with Gasteiger partial charge in [0.2, 0.25) is 0 Å². The summed E-state index contributed by atoms with van der Waals surface area (Å²) in [5.41, 5.74) is 0.750. The molecule has 21 heavy (non-hydrogen) atoms. The second kappa shape index (κ2) is 6.93. The van der Waals surface area contributed by atoms with Crippen molar-refractivity contribution in [2.24, 2.45) is 5.92 Å². The fraction of sp³-hybridized carbons (Fsp3) is 0.611. The number of rotatable bonds is 4. The van der Waals surface area contributed by atoms with Gasteiger partial charge in [0, 0.05) is 29.6 Å². The number of hydrogen-bond donors (Lipinski definition) is 0. The first-order valence-corrected chi connectivity index (χ1v) is 8.64. The van der Waals surface area contributed by atoms with Crippen LogP contribution in [0.2, 0.25) is 5.02 Å². The van der Waals surface area contributed by atoms with E-state index in [-0.39, 0.29) is 5.78 Å². The van der Waals surface area contributed by atoms with E-state index < -0.39 is 0 Å². The molecule has 1 aromatic rings. The van der Waals surface area contributed by atoms with Gasteiger partial charge in [0.1, 0.15) is 0 Å². The molecule has 2 fully saturated rings. The number of hydrogen-bond acceptors (Lipinski definition) is 2. The van der Waals surface area contributed by atoms with E-state index in [0.29, 0.717) is 11.4 Å². The third-order valence-corrected chi connectivity index (χ3v) is 5.37. The highest BCUT2D eigenvalue weighted by Gasteiger charge is 2.32. The van der Waals surface area contributed by atoms with Crippen LogP contribution in [-0.2, 0) is 0 Å². The van der Waals surface area contributed by atoms with Crippen molar-refractivity contribution in [1.82, 2.24) is 4.90 Å². The third kappa shape index (κ3) is 3.67. The fourth-order valence-electron chi connectivity index (χ4n) is 4.06. The number of likely N-dealkylation sites (tertiary alicyclic amines) is 1. The maximum absolute atomic E-state index is 12.3. The molecule has 1 aliphatic heterocycles. The van der Waals surface area contributed by atoms with E-state index in [1.807, 2.05) is 18.2 Å². The molecule has 1 saturated carbocycles. The molecule has 1 saturated heterocycles. The van der Waals surface area contributed by atoms with E-state index in [0.717, 1.165) is 24.1 Å². The SMILES string of the molecule is O=C(CCN1CCC[C@H]2CCCC[C@H]21)c1cccc(Cl)c1. The van der Waals surface area contributed by atoms with Crippen molar-refractivity contribution >= 4 is 17.4 Å². The number of benzene rings is 1. The molecule has 0 bridgehead atoms. The second-order valence-corrected chi connectivity index (χ2v) is 6.91. The number of Topliss-reactive ketones (excluding diaryl/α,β-unsaturated/α-hetero) is 1. The van der Waals surface area contributed by atoms with Crippen molar-refractivity contribution in [3.8, 4) is 0 Å². The van der Waals surface area contributed by atoms with E-state index in [9.17, 15) is 4.79 Å². The Morgan fingerprint density at radius 2 is 2.00 bits per heavy atom. The van der Waals surface area contributed by atoms with E-state index in [4.69, 9.17) is 11.6 Å². The summed E-state index contributed by atoms with van der Waals surface area (Å²) in [6.07, 6.45) is 8.79. The Balaban J connectivity index is 1.57. The van der Waals surface area contributed by atoms with Crippen LogP contribution in [0.25, 0.3) is 0 Å². The first-order chi connectivity index (χ1) is 10.2. The maximum Gasteiger partial charge on any atom is 0.164 e. The third-order valence-electron chi connectivity index (χ3n) is 5.13. The number of fused-ring (bicyclic) bond motifs is 1. The first-order valence-electron chi connectivity index (χ1n) is 8.27. The predicted molar refractivity (Wildman–Crippen MR) is 87.0 cm³/mol. The molecule has 0 spiro atoms. The van der Waals surface area contributed by atoms with Crippen molar-refractivity contribution in [2.75, 3.05) is 13.1 Å². The van der Waals surface area contributed by atoms with Crippen LogP contribution in [0.5, 0.6) is 0 Å². The van der Waals surface area contributed by atoms with Crippen molar-refractivity contribution < 1.29 is 4.79 Å². The molecular weight excluding hydrogens is 282 g/mol. The molecule has 0 unspecified atom stereocenters. The van der Waals surface area contributed by atoms with Crippen LogP contribution in [0, 0.1) is 5.92 Å². The van der Waals surface area contributed by atoms with Gasteiger partial charge >= 0.3 is 0 Å². The van der Waals surface area contributed by atoms with Crippen LogP contribution >= 0.6 is 11.6 Å². The quantitative estimate of drug-likeness (QED) is 0.760. The highest BCUT2D eigenvalue weighted by atomic mass is 35.5. The van der Waals surface area contributed by atoms with Crippen LogP contribution in [0.1, 0.15) is 55.3 Å². The van der Waals surface area contributed by atoms with E-state index >= 15 is 0 Å². The Kier molecular flexibility index (Phi) is 4.97. The maximum atomic E-state index is 12.3. The lowest BCUT2D eigenvalue weighted by atomic mass is 9.78. The van der Waals surface area contributed by atoms with E-state index in [1.54, 1.807) is 6.07 Å². The van der Waals surface area contributed by atoms with Gasteiger partial charge in [-0.25, -0.2) is 0 Å². The molecular formula is C18H24ClNO. The van der Waals surface area contributed by atoms with Gasteiger partial charge < -0.3 is 0 Å². The van der Waals surface area contributed by atoms with Gasteiger partial charge in [0.25, 0.3) is 0 Å². The Hall–Kier alpha value is -0.860. The summed E-state index contributed by atoms with van der Waals surface area (Å²) < 4.78 is 0. The number of carbonyl (C=O) groups is 1. The fourth-order valence-corrected chi connectivity index (χ4v) is 4.25. The van der Waals surface area contributed by atoms with Crippen molar-refractivity contribution in [2.45, 2.75) is 51.0 Å². The molecule has 1 aliphatic carbocycles. The molecule has 0 aromatic heterocycles. The topological polar surface area (TPSA) is 20.3 Å². The Morgan fingerprint density at radius 1 is 1.19 bits per heavy atom. The van der Waals surface area contributed by atoms with Gasteiger partial charge in [-0.1, -0.05) is 36.6 Å². The minimum atomic E-state index is 0.218. The summed E-state index contributed by atoms with van der Waals surface area (Å²) >= 11 is 5.97. The molecule has 0 N–H and O–H groups in total. The van der Waals surface area contributed by atoms with Crippen molar-refractivity contribution in [1.29, 1.82) is 0 Å². The summed E-state index contributed by atoms with van der Waals surface area (Å²) in [6, 6.07) is 8.06. The number of halogens is 1. The lowest BCUT2D eigenvalue weighted by molar-refractivity contribution is 0.0575. The average molecular weight is 306 g/mol. The number of piperidine rings is 1. The highest BCUT2D eigenvalue weighted by molar-refractivity contribution is 6.31. The van der Waals surface area contributed by atoms with Crippen LogP contribution in [0.3, 0.4) is 0 Å². The van der Waals surface area contributed by atoms with Gasteiger partial charge in [0.05, 0.1) is 0 Å². The van der Waals surface area contributed by atoms with Crippen molar-refractivity contribution in [3.63, 3.8) is 0 Å². The van der Waals surface area contributed by atoms with Crippen LogP contribution in [0.4, 0.5) is 0 Å². The zero-order chi connectivity index (χ0) is 14.7. The summed E-state index contributed by atoms with van der Waals surface area (Å²) in [5, 5.41) is 0.645. The minimum absolute atomic E-state index is 0.218. The first kappa shape index (κ1) is 15.1. The summed E-state index contributed by atoms with van der Waals surface area (Å²) in [7, 11) is 0. The van der Waals surface area contributed by atoms with Crippen LogP contribution in [-0.4, -0.2) is 29.8 Å². The molecule has 114 valence electrons. The number of carbonyl (C=O) groups excluding carboxylic acids is 1. The average Bonchev–Trinajstić information content (AvgIpc) is 2.52. The second-order valence-electron chi connectivity index (χ2n) is 6.47. The molecule has 1 heterocycles. The smallest absolute Gasteiger partial charge is 0.164 e. The van der Waals surface area contributed by atoms with Crippen LogP contribution < -0.4 is 0 Å². The number of nitrogens with zero attached hydrogens (tertiary/aromatic N) is 1. The zero-order valence-electron chi connectivity index (χ0n) is 12.6. The molecule has 0 amide bonds. The molecule has 1 aromatic carbocycles. The Morgan fingerprint density at radius 3 is 2.86 bits per heavy atom. The van der Waals surface area contributed by atoms with Gasteiger partial charge in [-0.2, -0.15) is 0 Å². The van der Waals surface area contributed by atoms with Crippen molar-refractivity contribution in [3.05, 3.63) is 34.9 Å². The largest absolute Gasteiger partial charge is 0.300 e. The monoisotopic (exact) mass is 305 g/mol. The van der Waals surface area contributed by atoms with E-state index in [2.05, 4.69) is 4.90 Å². The molecule has 3 rings (SSSR count). The van der Waals surface area contributed by atoms with Crippen LogP contribution in [0.15, 0.2) is 24.3 Å². The summed E-state index contributed by atoms with van der Waals surface area (Å²) in [5.74, 6) is 1.10. The molecule has 2 atom stereocenters. The Labute approximate surface area is 132 Å². The zero-order valence-corrected chi connectivity index (χ0v) is 13.3. The van der Waals surface area contributed by atoms with Gasteiger partial charge in [0.15, 0.2) is 5.78 Å². The minimum Gasteiger partial charge on any atom is -0.300 e. The Bertz CT molecular complexity index is 500. The molecule has 3 heteroatoms. The lowest BCUT2D eigenvalue weighted by Crippen LogP contribution is -2.47. The molecule has 0 radical (unpaired) electrons. The standard InChI is InChI=1S/C18H24ClNO/c19-16-8-3-6-15(13-16)18(21)10-12-20-11-4-7-14-5-1-2-9-17(14)20/h3,6,8,13-14,17H,1-2,4-5,7,9-12H2/t14-,17-/m1/s1. The van der Waals surface area contributed by atoms with E-state index in [1.165, 1.54) is 45.1 Å². The highest BCUT2D eigenvalue weighted by Crippen LogP contribution is 2.35. The number of ketones is 1. The predicted octanol–water partition coefficient (Wildman–Crippen LogP) is 4.57. The normalized spacial score (nSPS) is 26.3. The van der Waals surface area contributed by atoms with Gasteiger partial charge in [-0.3, -0.25) is 9.69 Å². The van der Waals surface area contributed by atoms with Gasteiger partial charge in [-0.05, 0) is 50.3 Å².